The molecule has 0 unspecified atom stereocenters. The van der Waals surface area contributed by atoms with E-state index in [1.807, 2.05) is 48.5 Å². The van der Waals surface area contributed by atoms with Crippen molar-refractivity contribution in [1.82, 2.24) is 4.98 Å². The van der Waals surface area contributed by atoms with Gasteiger partial charge in [-0.1, -0.05) is 30.3 Å². The second-order valence-corrected chi connectivity index (χ2v) is 8.74. The average molecular weight is 449 g/mol. The van der Waals surface area contributed by atoms with Crippen LogP contribution in [0.2, 0.25) is 0 Å². The molecule has 31 heavy (non-hydrogen) atoms. The molecular formula is C23H20N4O2S2. The number of thioether (sulfide) groups is 1. The molecule has 3 amide bonds. The largest absolute Gasteiger partial charge is 0.325 e. The second kappa shape index (κ2) is 10.1. The van der Waals surface area contributed by atoms with Crippen molar-refractivity contribution in [2.75, 3.05) is 21.7 Å². The molecule has 4 rings (SSSR count). The van der Waals surface area contributed by atoms with Crippen LogP contribution in [0.3, 0.4) is 0 Å². The van der Waals surface area contributed by atoms with Gasteiger partial charge in [0.15, 0.2) is 0 Å². The normalized spacial score (nSPS) is 10.6. The fraction of sp³-hybridized carbons (Fsp3) is 0.0870. The number of hydrogen-bond donors (Lipinski definition) is 3. The van der Waals surface area contributed by atoms with E-state index in [9.17, 15) is 9.59 Å². The Morgan fingerprint density at radius 2 is 1.39 bits per heavy atom. The first kappa shape index (κ1) is 20.9. The average Bonchev–Trinajstić information content (AvgIpc) is 3.18. The third-order valence-corrected chi connectivity index (χ3v) is 6.42. The first-order chi connectivity index (χ1) is 15.2. The molecule has 0 bridgehead atoms. The summed E-state index contributed by atoms with van der Waals surface area (Å²) in [4.78, 5) is 28.8. The molecule has 0 aliphatic carbocycles. The van der Waals surface area contributed by atoms with Gasteiger partial charge in [0.05, 0.1) is 16.0 Å². The molecule has 0 spiro atoms. The van der Waals surface area contributed by atoms with Crippen molar-refractivity contribution >= 4 is 62.3 Å². The molecule has 0 saturated carbocycles. The minimum absolute atomic E-state index is 0.0753. The van der Waals surface area contributed by atoms with Crippen LogP contribution in [0, 0.1) is 0 Å². The zero-order valence-electron chi connectivity index (χ0n) is 16.5. The molecule has 4 aromatic rings. The predicted octanol–water partition coefficient (Wildman–Crippen LogP) is 5.81. The van der Waals surface area contributed by atoms with Crippen LogP contribution in [0.15, 0.2) is 78.9 Å². The summed E-state index contributed by atoms with van der Waals surface area (Å²) >= 11 is 3.19. The summed E-state index contributed by atoms with van der Waals surface area (Å²) in [5.74, 6) is 0.968. The quantitative estimate of drug-likeness (QED) is 0.333. The Labute approximate surface area is 188 Å². The Hall–Kier alpha value is -3.36. The molecule has 156 valence electrons. The van der Waals surface area contributed by atoms with E-state index in [0.717, 1.165) is 15.2 Å². The van der Waals surface area contributed by atoms with Gasteiger partial charge in [-0.3, -0.25) is 4.79 Å². The monoisotopic (exact) mass is 448 g/mol. The number of anilines is 3. The van der Waals surface area contributed by atoms with Crippen LogP contribution in [0.4, 0.5) is 21.9 Å². The van der Waals surface area contributed by atoms with Gasteiger partial charge in [0.2, 0.25) is 5.91 Å². The summed E-state index contributed by atoms with van der Waals surface area (Å²) in [6.07, 6.45) is 0. The number of aromatic nitrogens is 1. The van der Waals surface area contributed by atoms with E-state index in [4.69, 9.17) is 0 Å². The predicted molar refractivity (Wildman–Crippen MR) is 130 cm³/mol. The smallest absolute Gasteiger partial charge is 0.323 e. The van der Waals surface area contributed by atoms with Gasteiger partial charge in [-0.15, -0.1) is 23.1 Å². The van der Waals surface area contributed by atoms with Crippen molar-refractivity contribution in [3.05, 3.63) is 83.9 Å². The molecule has 0 saturated heterocycles. The highest BCUT2D eigenvalue weighted by molar-refractivity contribution is 7.99. The molecular weight excluding hydrogens is 428 g/mol. The minimum atomic E-state index is -0.325. The molecule has 6 nitrogen and oxygen atoms in total. The van der Waals surface area contributed by atoms with Crippen LogP contribution >= 0.6 is 23.1 Å². The second-order valence-electron chi connectivity index (χ2n) is 6.64. The minimum Gasteiger partial charge on any atom is -0.325 e. The summed E-state index contributed by atoms with van der Waals surface area (Å²) in [5.41, 5.74) is 3.03. The number of carbonyl (C=O) groups excluding carboxylic acids is 2. The molecule has 0 radical (unpaired) electrons. The highest BCUT2D eigenvalue weighted by Gasteiger charge is 2.07. The molecule has 8 heteroatoms. The van der Waals surface area contributed by atoms with Gasteiger partial charge in [-0.05, 0) is 48.5 Å². The molecule has 3 N–H and O–H groups in total. The van der Waals surface area contributed by atoms with E-state index in [1.54, 1.807) is 35.6 Å². The van der Waals surface area contributed by atoms with E-state index in [0.29, 0.717) is 28.6 Å². The third-order valence-electron chi connectivity index (χ3n) is 4.26. The van der Waals surface area contributed by atoms with Crippen molar-refractivity contribution in [1.29, 1.82) is 0 Å². The highest BCUT2D eigenvalue weighted by atomic mass is 32.2. The maximum atomic E-state index is 12.2. The lowest BCUT2D eigenvalue weighted by Crippen LogP contribution is -2.19. The lowest BCUT2D eigenvalue weighted by Gasteiger charge is -2.09. The number of nitrogens with zero attached hydrogens (tertiary/aromatic N) is 1. The van der Waals surface area contributed by atoms with Crippen molar-refractivity contribution < 1.29 is 9.59 Å². The van der Waals surface area contributed by atoms with Gasteiger partial charge in [0, 0.05) is 22.8 Å². The summed E-state index contributed by atoms with van der Waals surface area (Å²) in [6.45, 7) is 0. The molecule has 0 atom stereocenters. The van der Waals surface area contributed by atoms with Crippen LogP contribution in [-0.4, -0.2) is 22.7 Å². The first-order valence-electron chi connectivity index (χ1n) is 9.61. The number of thiazole rings is 1. The third kappa shape index (κ3) is 6.07. The number of rotatable bonds is 7. The SMILES string of the molecule is O=C(CSCc1nc2ccccc2s1)Nc1ccc(NC(=O)Nc2ccccc2)cc1. The van der Waals surface area contributed by atoms with Crippen LogP contribution < -0.4 is 16.0 Å². The highest BCUT2D eigenvalue weighted by Crippen LogP contribution is 2.25. The Balaban J connectivity index is 1.21. The first-order valence-corrected chi connectivity index (χ1v) is 11.6. The van der Waals surface area contributed by atoms with Crippen molar-refractivity contribution in [2.45, 2.75) is 5.75 Å². The van der Waals surface area contributed by atoms with Crippen LogP contribution in [0.25, 0.3) is 10.2 Å². The molecule has 0 aliphatic heterocycles. The number of nitrogens with one attached hydrogen (secondary N) is 3. The lowest BCUT2D eigenvalue weighted by atomic mass is 10.3. The zero-order valence-corrected chi connectivity index (χ0v) is 18.1. The Morgan fingerprint density at radius 1 is 0.774 bits per heavy atom. The summed E-state index contributed by atoms with van der Waals surface area (Å²) in [5, 5.41) is 9.40. The van der Waals surface area contributed by atoms with Gasteiger partial charge in [-0.25, -0.2) is 9.78 Å². The molecule has 1 heterocycles. The van der Waals surface area contributed by atoms with Gasteiger partial charge >= 0.3 is 6.03 Å². The van der Waals surface area contributed by atoms with E-state index in [-0.39, 0.29) is 11.9 Å². The van der Waals surface area contributed by atoms with E-state index in [2.05, 4.69) is 27.0 Å². The fourth-order valence-electron chi connectivity index (χ4n) is 2.86. The Bertz CT molecular complexity index is 1140. The van der Waals surface area contributed by atoms with Gasteiger partial charge < -0.3 is 16.0 Å². The van der Waals surface area contributed by atoms with Gasteiger partial charge in [-0.2, -0.15) is 0 Å². The van der Waals surface area contributed by atoms with Crippen LogP contribution in [-0.2, 0) is 10.5 Å². The van der Waals surface area contributed by atoms with Gasteiger partial charge in [0.1, 0.15) is 5.01 Å². The standard InChI is InChI=1S/C23H20N4O2S2/c28-21(14-30-15-22-27-19-8-4-5-9-20(19)31-22)24-17-10-12-18(13-11-17)26-23(29)25-16-6-2-1-3-7-16/h1-13H,14-15H2,(H,24,28)(H2,25,26,29). The van der Waals surface area contributed by atoms with E-state index < -0.39 is 0 Å². The number of benzene rings is 3. The summed E-state index contributed by atoms with van der Waals surface area (Å²) in [6, 6.07) is 23.9. The number of carbonyl (C=O) groups is 2. The van der Waals surface area contributed by atoms with E-state index in [1.165, 1.54) is 11.8 Å². The Morgan fingerprint density at radius 3 is 2.10 bits per heavy atom. The summed E-state index contributed by atoms with van der Waals surface area (Å²) in [7, 11) is 0. The maximum Gasteiger partial charge on any atom is 0.323 e. The van der Waals surface area contributed by atoms with Crippen molar-refractivity contribution in [2.24, 2.45) is 0 Å². The van der Waals surface area contributed by atoms with Crippen molar-refractivity contribution in [3.63, 3.8) is 0 Å². The zero-order chi connectivity index (χ0) is 21.5. The summed E-state index contributed by atoms with van der Waals surface area (Å²) < 4.78 is 1.16. The maximum absolute atomic E-state index is 12.2. The molecule has 0 aliphatic rings. The molecule has 1 aromatic heterocycles. The number of urea groups is 1. The van der Waals surface area contributed by atoms with E-state index >= 15 is 0 Å². The number of hydrogen-bond acceptors (Lipinski definition) is 5. The number of para-hydroxylation sites is 2. The molecule has 0 fully saturated rings. The molecule has 3 aromatic carbocycles. The number of amides is 3. The Kier molecular flexibility index (Phi) is 6.81. The van der Waals surface area contributed by atoms with Crippen LogP contribution in [0.5, 0.6) is 0 Å². The van der Waals surface area contributed by atoms with Gasteiger partial charge in [0.25, 0.3) is 0 Å². The lowest BCUT2D eigenvalue weighted by molar-refractivity contribution is -0.113. The fourth-order valence-corrected chi connectivity index (χ4v) is 4.71. The number of fused-ring (bicyclic) bond motifs is 1. The topological polar surface area (TPSA) is 83.1 Å². The van der Waals surface area contributed by atoms with Crippen LogP contribution in [0.1, 0.15) is 5.01 Å². The van der Waals surface area contributed by atoms with Crippen molar-refractivity contribution in [3.8, 4) is 0 Å².